The third kappa shape index (κ3) is 2.66. The van der Waals surface area contributed by atoms with Gasteiger partial charge in [0.2, 0.25) is 0 Å². The number of benzene rings is 1. The number of para-hydroxylation sites is 1. The third-order valence-corrected chi connectivity index (χ3v) is 4.25. The fourth-order valence-corrected chi connectivity index (χ4v) is 3.04. The van der Waals surface area contributed by atoms with Gasteiger partial charge < -0.3 is 15.0 Å². The van der Waals surface area contributed by atoms with Gasteiger partial charge in [0.15, 0.2) is 5.75 Å². The maximum atomic E-state index is 11.3. The number of hydrogen-bond acceptors (Lipinski definition) is 6. The van der Waals surface area contributed by atoms with Crippen LogP contribution in [-0.4, -0.2) is 62.2 Å². The normalized spacial score (nSPS) is 20.1. The number of nitrogens with zero attached hydrogens (tertiary/aromatic N) is 3. The maximum absolute atomic E-state index is 11.3. The highest BCUT2D eigenvalue weighted by molar-refractivity contribution is 5.71. The van der Waals surface area contributed by atoms with Crippen molar-refractivity contribution in [2.45, 2.75) is 6.04 Å². The summed E-state index contributed by atoms with van der Waals surface area (Å²) in [5.41, 5.74) is 0.726. The van der Waals surface area contributed by atoms with Gasteiger partial charge in [0.1, 0.15) is 5.69 Å². The van der Waals surface area contributed by atoms with Gasteiger partial charge in [-0.3, -0.25) is 15.0 Å². The van der Waals surface area contributed by atoms with Crippen molar-refractivity contribution in [3.05, 3.63) is 28.3 Å². The van der Waals surface area contributed by atoms with Crippen LogP contribution in [0.5, 0.6) is 5.75 Å². The SMILES string of the molecule is COc1cccc(N2CC(N3CCNCC3)C2)c1[N+](=O)[O-]. The molecule has 2 aliphatic heterocycles. The molecule has 2 aliphatic rings. The Hall–Kier alpha value is -1.86. The lowest BCUT2D eigenvalue weighted by Crippen LogP contribution is -2.63. The van der Waals surface area contributed by atoms with Crippen molar-refractivity contribution in [2.75, 3.05) is 51.3 Å². The monoisotopic (exact) mass is 292 g/mol. The first-order valence-electron chi connectivity index (χ1n) is 7.22. The highest BCUT2D eigenvalue weighted by atomic mass is 16.6. The van der Waals surface area contributed by atoms with E-state index >= 15 is 0 Å². The van der Waals surface area contributed by atoms with Crippen LogP contribution in [0.3, 0.4) is 0 Å². The number of nitro groups is 1. The van der Waals surface area contributed by atoms with Crippen molar-refractivity contribution in [1.82, 2.24) is 10.2 Å². The molecule has 2 fully saturated rings. The first-order chi connectivity index (χ1) is 10.2. The Bertz CT molecular complexity index is 525. The van der Waals surface area contributed by atoms with E-state index in [1.807, 2.05) is 0 Å². The molecule has 1 aromatic carbocycles. The van der Waals surface area contributed by atoms with Crippen molar-refractivity contribution >= 4 is 11.4 Å². The molecule has 3 rings (SSSR count). The molecule has 0 atom stereocenters. The second kappa shape index (κ2) is 5.87. The number of nitrogens with one attached hydrogen (secondary N) is 1. The van der Waals surface area contributed by atoms with Crippen LogP contribution in [0.25, 0.3) is 0 Å². The quantitative estimate of drug-likeness (QED) is 0.650. The molecule has 0 bridgehead atoms. The summed E-state index contributed by atoms with van der Waals surface area (Å²) >= 11 is 0. The lowest BCUT2D eigenvalue weighted by molar-refractivity contribution is -0.385. The molecule has 0 aromatic heterocycles. The summed E-state index contributed by atoms with van der Waals surface area (Å²) in [5, 5.41) is 14.6. The predicted molar refractivity (Wildman–Crippen MR) is 80.1 cm³/mol. The summed E-state index contributed by atoms with van der Waals surface area (Å²) < 4.78 is 5.12. The van der Waals surface area contributed by atoms with E-state index in [1.54, 1.807) is 18.2 Å². The molecule has 1 aromatic rings. The Kier molecular flexibility index (Phi) is 3.94. The van der Waals surface area contributed by atoms with Gasteiger partial charge in [-0.2, -0.15) is 0 Å². The summed E-state index contributed by atoms with van der Waals surface area (Å²) in [6.45, 7) is 5.84. The number of ether oxygens (including phenoxy) is 1. The first-order valence-corrected chi connectivity index (χ1v) is 7.22. The Morgan fingerprint density at radius 1 is 1.33 bits per heavy atom. The van der Waals surface area contributed by atoms with Crippen LogP contribution in [0, 0.1) is 10.1 Å². The van der Waals surface area contributed by atoms with E-state index < -0.39 is 0 Å². The van der Waals surface area contributed by atoms with Crippen LogP contribution in [0.4, 0.5) is 11.4 Å². The molecule has 0 unspecified atom stereocenters. The van der Waals surface area contributed by atoms with Crippen LogP contribution in [0.1, 0.15) is 0 Å². The van der Waals surface area contributed by atoms with Gasteiger partial charge in [0, 0.05) is 45.3 Å². The summed E-state index contributed by atoms with van der Waals surface area (Å²) in [6.07, 6.45) is 0. The lowest BCUT2D eigenvalue weighted by atomic mass is 10.0. The molecule has 0 aliphatic carbocycles. The van der Waals surface area contributed by atoms with E-state index in [2.05, 4.69) is 15.1 Å². The van der Waals surface area contributed by atoms with Crippen molar-refractivity contribution < 1.29 is 9.66 Å². The molecule has 1 N–H and O–H groups in total. The van der Waals surface area contributed by atoms with E-state index in [0.717, 1.165) is 39.3 Å². The van der Waals surface area contributed by atoms with Crippen LogP contribution in [-0.2, 0) is 0 Å². The molecular formula is C14H20N4O3. The number of anilines is 1. The summed E-state index contributed by atoms with van der Waals surface area (Å²) in [4.78, 5) is 15.5. The maximum Gasteiger partial charge on any atom is 0.333 e. The number of piperazine rings is 1. The highest BCUT2D eigenvalue weighted by Gasteiger charge is 2.36. The number of nitro benzene ring substituents is 1. The minimum atomic E-state index is -0.355. The average Bonchev–Trinajstić information content (AvgIpc) is 2.46. The first kappa shape index (κ1) is 14.1. The number of hydrogen-bond donors (Lipinski definition) is 1. The van der Waals surface area contributed by atoms with Gasteiger partial charge in [-0.1, -0.05) is 6.07 Å². The molecule has 7 heteroatoms. The Morgan fingerprint density at radius 2 is 2.05 bits per heavy atom. The smallest absolute Gasteiger partial charge is 0.333 e. The Labute approximate surface area is 123 Å². The van der Waals surface area contributed by atoms with Crippen molar-refractivity contribution in [2.24, 2.45) is 0 Å². The predicted octanol–water partition coefficient (Wildman–Crippen LogP) is 0.697. The minimum absolute atomic E-state index is 0.0683. The van der Waals surface area contributed by atoms with E-state index in [1.165, 1.54) is 7.11 Å². The van der Waals surface area contributed by atoms with Crippen molar-refractivity contribution in [3.8, 4) is 5.75 Å². The fourth-order valence-electron chi connectivity index (χ4n) is 3.04. The van der Waals surface area contributed by atoms with Gasteiger partial charge in [-0.25, -0.2) is 0 Å². The summed E-state index contributed by atoms with van der Waals surface area (Å²) in [5.74, 6) is 0.322. The molecule has 0 radical (unpaired) electrons. The van der Waals surface area contributed by atoms with Crippen molar-refractivity contribution in [1.29, 1.82) is 0 Å². The lowest BCUT2D eigenvalue weighted by Gasteiger charge is -2.47. The third-order valence-electron chi connectivity index (χ3n) is 4.25. The zero-order chi connectivity index (χ0) is 14.8. The minimum Gasteiger partial charge on any atom is -0.490 e. The van der Waals surface area contributed by atoms with Gasteiger partial charge in [0.25, 0.3) is 0 Å². The van der Waals surface area contributed by atoms with E-state index in [-0.39, 0.29) is 10.6 Å². The van der Waals surface area contributed by atoms with Crippen LogP contribution in [0.2, 0.25) is 0 Å². The molecule has 7 nitrogen and oxygen atoms in total. The van der Waals surface area contributed by atoms with E-state index in [4.69, 9.17) is 4.74 Å². The molecule has 114 valence electrons. The standard InChI is InChI=1S/C14H20N4O3/c1-21-13-4-2-3-12(14(13)18(19)20)17-9-11(10-17)16-7-5-15-6-8-16/h2-4,11,15H,5-10H2,1H3. The van der Waals surface area contributed by atoms with Crippen LogP contribution < -0.4 is 15.0 Å². The van der Waals surface area contributed by atoms with Gasteiger partial charge in [0.05, 0.1) is 12.0 Å². The second-order valence-electron chi connectivity index (χ2n) is 5.43. The van der Waals surface area contributed by atoms with Crippen LogP contribution in [0.15, 0.2) is 18.2 Å². The average molecular weight is 292 g/mol. The molecule has 0 spiro atoms. The molecule has 2 heterocycles. The van der Waals surface area contributed by atoms with Gasteiger partial charge >= 0.3 is 5.69 Å². The highest BCUT2D eigenvalue weighted by Crippen LogP contribution is 2.39. The fraction of sp³-hybridized carbons (Fsp3) is 0.571. The molecular weight excluding hydrogens is 272 g/mol. The summed E-state index contributed by atoms with van der Waals surface area (Å²) in [6, 6.07) is 5.74. The molecule has 0 saturated carbocycles. The topological polar surface area (TPSA) is 70.9 Å². The number of rotatable bonds is 4. The van der Waals surface area contributed by atoms with E-state index in [9.17, 15) is 10.1 Å². The van der Waals surface area contributed by atoms with Gasteiger partial charge in [-0.05, 0) is 12.1 Å². The van der Waals surface area contributed by atoms with Crippen molar-refractivity contribution in [3.63, 3.8) is 0 Å². The Morgan fingerprint density at radius 3 is 2.67 bits per heavy atom. The van der Waals surface area contributed by atoms with E-state index in [0.29, 0.717) is 17.5 Å². The van der Waals surface area contributed by atoms with Gasteiger partial charge in [-0.15, -0.1) is 0 Å². The summed E-state index contributed by atoms with van der Waals surface area (Å²) in [7, 11) is 1.46. The molecule has 0 amide bonds. The van der Waals surface area contributed by atoms with Crippen LogP contribution >= 0.6 is 0 Å². The second-order valence-corrected chi connectivity index (χ2v) is 5.43. The molecule has 21 heavy (non-hydrogen) atoms. The Balaban J connectivity index is 1.73. The zero-order valence-electron chi connectivity index (χ0n) is 12.1. The molecule has 2 saturated heterocycles. The zero-order valence-corrected chi connectivity index (χ0v) is 12.1. The largest absolute Gasteiger partial charge is 0.490 e. The number of methoxy groups -OCH3 is 1.